The molecular weight excluding hydrogens is 1190 g/mol. The Kier molecular flexibility index (Phi) is 31.6. The molecule has 5 amide bonds. The van der Waals surface area contributed by atoms with Crippen molar-refractivity contribution in [1.82, 2.24) is 9.80 Å². The quantitative estimate of drug-likeness (QED) is 0.0234. The molecule has 3 unspecified atom stereocenters. The Balaban J connectivity index is 2.22. The maximum atomic E-state index is 14.2. The van der Waals surface area contributed by atoms with Gasteiger partial charge in [0.25, 0.3) is 0 Å². The van der Waals surface area contributed by atoms with Gasteiger partial charge in [0.05, 0.1) is 31.3 Å². The normalized spacial score (nSPS) is 12.8. The molecule has 0 spiro atoms. The van der Waals surface area contributed by atoms with Gasteiger partial charge in [-0.25, -0.2) is 9.59 Å². The number of rotatable bonds is 36. The summed E-state index contributed by atoms with van der Waals surface area (Å²) in [5, 5.41) is 11.9. The molecule has 0 radical (unpaired) electrons. The number of ether oxygens (including phenoxy) is 5. The number of aryl methyl sites for hydroxylation is 2. The Labute approximate surface area is 485 Å². The molecule has 24 nitrogen and oxygen atoms in total. The molecule has 0 heterocycles. The summed E-state index contributed by atoms with van der Waals surface area (Å²) in [7, 11) is 2.82. The third kappa shape index (κ3) is 24.5. The number of amides is 5. The van der Waals surface area contributed by atoms with Gasteiger partial charge in [0.1, 0.15) is 11.6 Å². The smallest absolute Gasteiger partial charge is 0.0149 e. The topological polar surface area (TPSA) is 276 Å². The molecule has 0 aromatic heterocycles. The van der Waals surface area contributed by atoms with Crippen LogP contribution in [0.1, 0.15) is 98.6 Å². The van der Waals surface area contributed by atoms with Crippen molar-refractivity contribution in [1.29, 1.82) is 0 Å². The van der Waals surface area contributed by atoms with E-state index in [4.69, 9.17) is 48.9 Å². The molecule has 3 atom stereocenters. The van der Waals surface area contributed by atoms with Crippen LogP contribution in [0.2, 0.25) is 12.1 Å². The zero-order chi connectivity index (χ0) is 60.2. The molecule has 2 aromatic rings. The zero-order valence-corrected chi connectivity index (χ0v) is 53.7. The van der Waals surface area contributed by atoms with Crippen molar-refractivity contribution in [2.24, 2.45) is 0 Å². The predicted molar refractivity (Wildman–Crippen MR) is 300 cm³/mol. The number of urea groups is 2. The van der Waals surface area contributed by atoms with E-state index >= 15 is 0 Å². The van der Waals surface area contributed by atoms with Gasteiger partial charge in [0, 0.05) is 58.3 Å². The first kappa shape index (κ1) is 71.0. The van der Waals surface area contributed by atoms with Gasteiger partial charge in [-0.15, -0.1) is 0 Å². The number of benzene rings is 2. The van der Waals surface area contributed by atoms with Crippen LogP contribution in [0.25, 0.3) is 0 Å². The summed E-state index contributed by atoms with van der Waals surface area (Å²) in [6.07, 6.45) is -1.01. The van der Waals surface area contributed by atoms with Crippen LogP contribution in [-0.4, -0.2) is 179 Å². The Bertz CT molecular complexity index is 2300. The average Bonchev–Trinajstić information content (AvgIpc) is 3.38. The van der Waals surface area contributed by atoms with Gasteiger partial charge in [0.2, 0.25) is 0 Å². The van der Waals surface area contributed by atoms with Gasteiger partial charge in [-0.05, 0) is 79.5 Å². The first-order chi connectivity index (χ1) is 37.8. The Morgan fingerprint density at radius 1 is 0.662 bits per heavy atom. The van der Waals surface area contributed by atoms with Gasteiger partial charge in [-0.1, -0.05) is 6.07 Å². The number of esters is 3. The second-order valence-electron chi connectivity index (χ2n) is 19.5. The van der Waals surface area contributed by atoms with Crippen molar-refractivity contribution in [2.45, 2.75) is 143 Å². The molecule has 0 fully saturated rings. The fourth-order valence-electron chi connectivity index (χ4n) is 8.44. The molecule has 0 aliphatic carbocycles. The average molecular weight is 1280 g/mol. The molecule has 0 bridgehead atoms. The Morgan fingerprint density at radius 2 is 1.15 bits per heavy atom. The van der Waals surface area contributed by atoms with Crippen LogP contribution in [0, 0.1) is 13.8 Å². The van der Waals surface area contributed by atoms with Crippen LogP contribution in [0.4, 0.5) is 37.1 Å². The minimum atomic E-state index is -3.06. The van der Waals surface area contributed by atoms with E-state index in [1.165, 1.54) is 45.3 Å². The maximum Gasteiger partial charge on any atom is -0.0149 e. The van der Waals surface area contributed by atoms with Crippen molar-refractivity contribution in [3.63, 3.8) is 0 Å². The maximum absolute atomic E-state index is 14.2. The first-order valence-electron chi connectivity index (χ1n) is 26.4. The van der Waals surface area contributed by atoms with E-state index in [0.29, 0.717) is 66.2 Å². The summed E-state index contributed by atoms with van der Waals surface area (Å²) >= 11 is -0.981. The molecule has 0 saturated heterocycles. The largest absolute Gasteiger partial charge is 0.0149 e. The van der Waals surface area contributed by atoms with Crippen molar-refractivity contribution < 1.29 is 104 Å². The van der Waals surface area contributed by atoms with E-state index in [9.17, 15) is 33.6 Å². The summed E-state index contributed by atoms with van der Waals surface area (Å²) in [5.41, 5.74) is 1.48. The second kappa shape index (κ2) is 35.7. The van der Waals surface area contributed by atoms with Crippen LogP contribution < -0.4 is 42.9 Å². The number of alkyl halides is 1. The van der Waals surface area contributed by atoms with Crippen LogP contribution in [0.5, 0.6) is 0 Å². The molecule has 0 saturated carbocycles. The van der Waals surface area contributed by atoms with E-state index in [1.807, 2.05) is 33.8 Å². The summed E-state index contributed by atoms with van der Waals surface area (Å²) in [6.45, 7) is 18.4. The third-order valence-corrected chi connectivity index (χ3v) is 17.6. The summed E-state index contributed by atoms with van der Waals surface area (Å²) in [5.74, 6) is -2.81. The van der Waals surface area contributed by atoms with Crippen LogP contribution in [0.3, 0.4) is 0 Å². The Hall–Kier alpha value is -5.15. The molecule has 80 heavy (non-hydrogen) atoms. The van der Waals surface area contributed by atoms with Gasteiger partial charge < -0.3 is 43.0 Å². The van der Waals surface area contributed by atoms with E-state index in [0.717, 1.165) is 5.56 Å². The molecule has 2 aromatic carbocycles. The summed E-state index contributed by atoms with van der Waals surface area (Å²) < 4.78 is 60.9. The van der Waals surface area contributed by atoms with Crippen LogP contribution in [0.15, 0.2) is 36.4 Å². The molecule has 2 rings (SSSR count). The van der Waals surface area contributed by atoms with Crippen molar-refractivity contribution in [3.05, 3.63) is 47.5 Å². The van der Waals surface area contributed by atoms with Crippen molar-refractivity contribution in [3.8, 4) is 0 Å². The minimum absolute atomic E-state index is 0.0141. The second-order valence-corrected chi connectivity index (χ2v) is 25.9. The van der Waals surface area contributed by atoms with Gasteiger partial charge in [-0.2, -0.15) is 0 Å². The van der Waals surface area contributed by atoms with E-state index in [2.05, 4.69) is 21.3 Å². The number of nitrogens with one attached hydrogen (secondary N) is 4. The minimum Gasteiger partial charge on any atom is -0.0149 e. The summed E-state index contributed by atoms with van der Waals surface area (Å²) in [4.78, 5) is 97.9. The van der Waals surface area contributed by atoms with E-state index in [1.54, 1.807) is 76.8 Å². The number of anilines is 4. The standard InChI is InChI=1S/C53H87IN6O18Si2/c1-17-73-45(61)32-43(47(63)75-19-3)60(27-21-29-80(70-14,71-15)72-16)50(66)56-39-24-22-36(4)41(30-39)55-35-53(9,10)76-38(6)34-52(7,8)77-51(67)58-42-31-40(25-23-37(42)5)57-49(65)59(26-20-28-79(68-12)69-13)44(48(64)78-54-11)33-46(62)74-18-2/h22-25,30-31,38,43-44,55H,17-21,26-29,32-35H2,1-16H3,(H,56,66)(H,57,65)(H,58,67). The number of nitrogens with zero attached hydrogens (tertiary/aromatic N) is 2. The van der Waals surface area contributed by atoms with Crippen LogP contribution in [-0.2, 0) is 68.1 Å². The fourth-order valence-corrected chi connectivity index (χ4v) is 11.9. The van der Waals surface area contributed by atoms with Crippen molar-refractivity contribution in [2.75, 3.05) is 101 Å². The van der Waals surface area contributed by atoms with E-state index < -0.39 is 124 Å². The molecule has 452 valence electrons. The van der Waals surface area contributed by atoms with Gasteiger partial charge in [0.15, 0.2) is 0 Å². The van der Waals surface area contributed by atoms with E-state index in [-0.39, 0.29) is 32.9 Å². The number of hydrogen-bond donors (Lipinski definition) is 4. The molecule has 27 heteroatoms. The molecule has 4 N–H and O–H groups in total. The number of carbonyl (C=O) groups is 7. The molecular formula is C53H87IN6O18Si2. The number of carbonyl (C=O) groups excluding carboxylic acids is 7. The molecule has 0 aliphatic heterocycles. The van der Waals surface area contributed by atoms with Crippen molar-refractivity contribution >= 4 is 82.9 Å². The van der Waals surface area contributed by atoms with Crippen LogP contribution >= 0.6 is 0 Å². The first-order valence-corrected chi connectivity index (χ1v) is 32.8. The molecule has 0 aliphatic rings. The number of hydrogen-bond acceptors (Lipinski definition) is 19. The van der Waals surface area contributed by atoms with Gasteiger partial charge >= 0.3 is 244 Å². The summed E-state index contributed by atoms with van der Waals surface area (Å²) in [6, 6.07) is 7.10. The third-order valence-electron chi connectivity index (χ3n) is 12.2. The van der Waals surface area contributed by atoms with Gasteiger partial charge in [-0.3, -0.25) is 4.79 Å². The predicted octanol–water partition coefficient (Wildman–Crippen LogP) is 4.81. The zero-order valence-electron chi connectivity index (χ0n) is 49.5. The number of halogens is 1. The monoisotopic (exact) mass is 1280 g/mol. The Morgan fingerprint density at radius 3 is 1.64 bits per heavy atom. The fraction of sp³-hybridized carbons (Fsp3) is 0.642. The SMILES string of the molecule is CCOC(=O)CC(C(=O)OCC)N(CCC[Si](OC)(OC)OC)C(=O)Nc1ccc(C)c(NCC(C)(C)OC(C)CC(C)(C)OC(=O)Nc2cc(NC(=O)N(CCC[Si+](OC)OC)C(CC(=O)OCC)C(=O)O[I-]C)ccc2C)c1.